The van der Waals surface area contributed by atoms with Gasteiger partial charge in [0.25, 0.3) is 0 Å². The van der Waals surface area contributed by atoms with Crippen LogP contribution in [0.25, 0.3) is 0 Å². The van der Waals surface area contributed by atoms with Gasteiger partial charge in [-0.25, -0.2) is 0 Å². The van der Waals surface area contributed by atoms with E-state index in [1.165, 1.54) is 24.0 Å². The Hall–Kier alpha value is -0.920. The van der Waals surface area contributed by atoms with Crippen LogP contribution in [0, 0.1) is 0 Å². The van der Waals surface area contributed by atoms with E-state index in [2.05, 4.69) is 31.0 Å². The maximum atomic E-state index is 3.97. The van der Waals surface area contributed by atoms with Crippen molar-refractivity contribution >= 4 is 0 Å². The molecule has 1 heterocycles. The van der Waals surface area contributed by atoms with Gasteiger partial charge in [0, 0.05) is 0 Å². The summed E-state index contributed by atoms with van der Waals surface area (Å²) in [6.45, 7) is 6.70. The van der Waals surface area contributed by atoms with Crippen LogP contribution in [0.3, 0.4) is 0 Å². The smallest absolute Gasteiger partial charge is 0.0536 e. The molecule has 13 heavy (non-hydrogen) atoms. The summed E-state index contributed by atoms with van der Waals surface area (Å²) in [6.07, 6.45) is 6.52. The first-order valence-electron chi connectivity index (χ1n) is 4.90. The second-order valence-electron chi connectivity index (χ2n) is 4.88. The molecule has 70 valence electrons. The Morgan fingerprint density at radius 2 is 1.77 bits per heavy atom. The lowest BCUT2D eigenvalue weighted by molar-refractivity contribution is 0.576. The summed E-state index contributed by atoms with van der Waals surface area (Å²) in [5, 5.41) is 7.94. The van der Waals surface area contributed by atoms with Crippen LogP contribution in [-0.4, -0.2) is 10.2 Å². The third kappa shape index (κ3) is 1.71. The lowest BCUT2D eigenvalue weighted by Crippen LogP contribution is -2.14. The molecule has 0 unspecified atom stereocenters. The van der Waals surface area contributed by atoms with Gasteiger partial charge >= 0.3 is 0 Å². The molecule has 1 aromatic heterocycles. The minimum atomic E-state index is 0.202. The standard InChI is InChI=1S/C11H16N2/c1-11(2,3)10-7-13-12-6-9(10)8-4-5-8/h6-8H,4-5H2,1-3H3. The van der Waals surface area contributed by atoms with Gasteiger partial charge in [-0.2, -0.15) is 10.2 Å². The lowest BCUT2D eigenvalue weighted by Gasteiger charge is -2.21. The Labute approximate surface area is 79.4 Å². The first-order valence-corrected chi connectivity index (χ1v) is 4.90. The average molecular weight is 176 g/mol. The lowest BCUT2D eigenvalue weighted by atomic mass is 9.84. The fraction of sp³-hybridized carbons (Fsp3) is 0.636. The van der Waals surface area contributed by atoms with E-state index in [1.807, 2.05) is 12.4 Å². The highest BCUT2D eigenvalue weighted by atomic mass is 15.1. The Balaban J connectivity index is 2.43. The second kappa shape index (κ2) is 2.79. The molecule has 2 nitrogen and oxygen atoms in total. The van der Waals surface area contributed by atoms with E-state index in [-0.39, 0.29) is 5.41 Å². The molecule has 1 aromatic rings. The molecule has 1 saturated carbocycles. The Bertz CT molecular complexity index is 308. The zero-order valence-electron chi connectivity index (χ0n) is 8.54. The predicted octanol–water partition coefficient (Wildman–Crippen LogP) is 2.65. The summed E-state index contributed by atoms with van der Waals surface area (Å²) in [5.74, 6) is 0.768. The number of hydrogen-bond acceptors (Lipinski definition) is 2. The Kier molecular flexibility index (Phi) is 1.86. The molecule has 0 radical (unpaired) electrons. The molecular weight excluding hydrogens is 160 g/mol. The Morgan fingerprint density at radius 1 is 1.15 bits per heavy atom. The van der Waals surface area contributed by atoms with Gasteiger partial charge in [-0.15, -0.1) is 0 Å². The summed E-state index contributed by atoms with van der Waals surface area (Å²) in [6, 6.07) is 0. The maximum absolute atomic E-state index is 3.97. The van der Waals surface area contributed by atoms with Crippen LogP contribution >= 0.6 is 0 Å². The number of hydrogen-bond donors (Lipinski definition) is 0. The summed E-state index contributed by atoms with van der Waals surface area (Å²) >= 11 is 0. The third-order valence-electron chi connectivity index (χ3n) is 2.59. The van der Waals surface area contributed by atoms with Gasteiger partial charge < -0.3 is 0 Å². The molecule has 0 saturated heterocycles. The van der Waals surface area contributed by atoms with Gasteiger partial charge in [0.1, 0.15) is 0 Å². The zero-order chi connectivity index (χ0) is 9.47. The molecule has 2 heteroatoms. The van der Waals surface area contributed by atoms with E-state index in [0.717, 1.165) is 5.92 Å². The van der Waals surface area contributed by atoms with Crippen LogP contribution in [0.5, 0.6) is 0 Å². The van der Waals surface area contributed by atoms with Gasteiger partial charge in [0.05, 0.1) is 12.4 Å². The first-order chi connectivity index (χ1) is 6.09. The average Bonchev–Trinajstić information content (AvgIpc) is 2.85. The fourth-order valence-electron chi connectivity index (χ4n) is 1.68. The fourth-order valence-corrected chi connectivity index (χ4v) is 1.68. The molecule has 0 N–H and O–H groups in total. The van der Waals surface area contributed by atoms with Crippen LogP contribution in [0.4, 0.5) is 0 Å². The van der Waals surface area contributed by atoms with Crippen molar-refractivity contribution < 1.29 is 0 Å². The summed E-state index contributed by atoms with van der Waals surface area (Å²) in [5.41, 5.74) is 2.99. The normalized spacial score (nSPS) is 17.5. The molecule has 1 aliphatic rings. The minimum Gasteiger partial charge on any atom is -0.159 e. The van der Waals surface area contributed by atoms with Crippen molar-refractivity contribution in [3.05, 3.63) is 23.5 Å². The van der Waals surface area contributed by atoms with Crippen LogP contribution in [0.2, 0.25) is 0 Å². The molecule has 0 atom stereocenters. The molecule has 2 rings (SSSR count). The number of rotatable bonds is 1. The highest BCUT2D eigenvalue weighted by Gasteiger charge is 2.29. The molecule has 1 aliphatic carbocycles. The molecule has 0 amide bonds. The van der Waals surface area contributed by atoms with Crippen molar-refractivity contribution in [2.75, 3.05) is 0 Å². The van der Waals surface area contributed by atoms with Crippen molar-refractivity contribution in [2.24, 2.45) is 0 Å². The first kappa shape index (κ1) is 8.67. The monoisotopic (exact) mass is 176 g/mol. The van der Waals surface area contributed by atoms with E-state index in [1.54, 1.807) is 0 Å². The van der Waals surface area contributed by atoms with E-state index < -0.39 is 0 Å². The van der Waals surface area contributed by atoms with Crippen LogP contribution in [-0.2, 0) is 5.41 Å². The summed E-state index contributed by atoms with van der Waals surface area (Å²) in [7, 11) is 0. The van der Waals surface area contributed by atoms with Crippen molar-refractivity contribution in [3.8, 4) is 0 Å². The Morgan fingerprint density at radius 3 is 2.31 bits per heavy atom. The molecule has 0 aromatic carbocycles. The highest BCUT2D eigenvalue weighted by molar-refractivity contribution is 5.33. The van der Waals surface area contributed by atoms with Crippen molar-refractivity contribution in [1.29, 1.82) is 0 Å². The molecule has 0 spiro atoms. The zero-order valence-corrected chi connectivity index (χ0v) is 8.54. The summed E-state index contributed by atoms with van der Waals surface area (Å²) in [4.78, 5) is 0. The highest BCUT2D eigenvalue weighted by Crippen LogP contribution is 2.43. The molecule has 0 bridgehead atoms. The maximum Gasteiger partial charge on any atom is 0.0536 e. The summed E-state index contributed by atoms with van der Waals surface area (Å²) < 4.78 is 0. The number of aromatic nitrogens is 2. The third-order valence-corrected chi connectivity index (χ3v) is 2.59. The quantitative estimate of drug-likeness (QED) is 0.657. The van der Waals surface area contributed by atoms with Gasteiger partial charge in [-0.3, -0.25) is 0 Å². The van der Waals surface area contributed by atoms with Gasteiger partial charge in [0.2, 0.25) is 0 Å². The van der Waals surface area contributed by atoms with Crippen LogP contribution in [0.1, 0.15) is 50.7 Å². The number of nitrogens with zero attached hydrogens (tertiary/aromatic N) is 2. The van der Waals surface area contributed by atoms with E-state index in [0.29, 0.717) is 0 Å². The van der Waals surface area contributed by atoms with Gasteiger partial charge in [0.15, 0.2) is 0 Å². The van der Waals surface area contributed by atoms with Gasteiger partial charge in [-0.05, 0) is 35.3 Å². The van der Waals surface area contributed by atoms with E-state index in [9.17, 15) is 0 Å². The van der Waals surface area contributed by atoms with Crippen molar-refractivity contribution in [1.82, 2.24) is 10.2 Å². The molecular formula is C11H16N2. The topological polar surface area (TPSA) is 25.8 Å². The minimum absolute atomic E-state index is 0.202. The van der Waals surface area contributed by atoms with E-state index in [4.69, 9.17) is 0 Å². The second-order valence-corrected chi connectivity index (χ2v) is 4.88. The largest absolute Gasteiger partial charge is 0.159 e. The SMILES string of the molecule is CC(C)(C)c1cnncc1C1CC1. The van der Waals surface area contributed by atoms with Crippen molar-refractivity contribution in [3.63, 3.8) is 0 Å². The molecule has 0 aliphatic heterocycles. The van der Waals surface area contributed by atoms with Gasteiger partial charge in [-0.1, -0.05) is 20.8 Å². The van der Waals surface area contributed by atoms with E-state index >= 15 is 0 Å². The predicted molar refractivity (Wildman–Crippen MR) is 52.7 cm³/mol. The van der Waals surface area contributed by atoms with Crippen LogP contribution < -0.4 is 0 Å². The molecule has 1 fully saturated rings. The van der Waals surface area contributed by atoms with Crippen molar-refractivity contribution in [2.45, 2.75) is 44.9 Å². The van der Waals surface area contributed by atoms with Crippen LogP contribution in [0.15, 0.2) is 12.4 Å².